The average molecular weight is 231 g/mol. The summed E-state index contributed by atoms with van der Waals surface area (Å²) in [5, 5.41) is 3.38. The summed E-state index contributed by atoms with van der Waals surface area (Å²) in [6.07, 6.45) is 2.18. The number of nitrogens with one attached hydrogen (secondary N) is 1. The normalized spacial score (nSPS) is 27.2. The highest BCUT2D eigenvalue weighted by Gasteiger charge is 2.37. The second kappa shape index (κ2) is 4.45. The molecular weight excluding hydrogens is 214 g/mol. The summed E-state index contributed by atoms with van der Waals surface area (Å²) in [5.41, 5.74) is 0.868. The molecule has 1 aromatic rings. The van der Waals surface area contributed by atoms with Gasteiger partial charge in [0, 0.05) is 38.1 Å². The van der Waals surface area contributed by atoms with E-state index in [9.17, 15) is 4.79 Å². The van der Waals surface area contributed by atoms with Gasteiger partial charge in [0.05, 0.1) is 6.42 Å². The topological polar surface area (TPSA) is 45.2 Å². The summed E-state index contributed by atoms with van der Waals surface area (Å²) in [4.78, 5) is 18.3. The van der Waals surface area contributed by atoms with Crippen molar-refractivity contribution in [3.8, 4) is 0 Å². The van der Waals surface area contributed by atoms with E-state index in [0.29, 0.717) is 18.3 Å². The molecule has 0 aromatic carbocycles. The lowest BCUT2D eigenvalue weighted by Crippen LogP contribution is -2.33. The number of carbonyl (C=O) groups is 1. The highest BCUT2D eigenvalue weighted by molar-refractivity contribution is 5.78. The van der Waals surface area contributed by atoms with E-state index < -0.39 is 0 Å². The van der Waals surface area contributed by atoms with E-state index >= 15 is 0 Å². The van der Waals surface area contributed by atoms with Gasteiger partial charge in [-0.3, -0.25) is 9.78 Å². The van der Waals surface area contributed by atoms with Gasteiger partial charge in [0.1, 0.15) is 0 Å². The maximum absolute atomic E-state index is 12.1. The van der Waals surface area contributed by atoms with Crippen LogP contribution in [0, 0.1) is 11.8 Å². The van der Waals surface area contributed by atoms with Gasteiger partial charge in [0.2, 0.25) is 5.91 Å². The number of hydrogen-bond acceptors (Lipinski definition) is 3. The van der Waals surface area contributed by atoms with Crippen LogP contribution in [0.15, 0.2) is 24.4 Å². The van der Waals surface area contributed by atoms with Crippen LogP contribution in [0.2, 0.25) is 0 Å². The first-order chi connectivity index (χ1) is 8.33. The zero-order valence-corrected chi connectivity index (χ0v) is 9.80. The van der Waals surface area contributed by atoms with Crippen molar-refractivity contribution in [3.05, 3.63) is 30.1 Å². The molecule has 0 aliphatic carbocycles. The van der Waals surface area contributed by atoms with Crippen molar-refractivity contribution in [2.75, 3.05) is 26.2 Å². The van der Waals surface area contributed by atoms with Gasteiger partial charge in [-0.2, -0.15) is 0 Å². The van der Waals surface area contributed by atoms with Gasteiger partial charge in [0.25, 0.3) is 0 Å². The monoisotopic (exact) mass is 231 g/mol. The lowest BCUT2D eigenvalue weighted by Gasteiger charge is -2.17. The summed E-state index contributed by atoms with van der Waals surface area (Å²) < 4.78 is 0. The third kappa shape index (κ3) is 2.17. The average Bonchev–Trinajstić information content (AvgIpc) is 2.90. The molecule has 0 radical (unpaired) electrons. The summed E-state index contributed by atoms with van der Waals surface area (Å²) in [6.45, 7) is 3.97. The molecule has 0 spiro atoms. The lowest BCUT2D eigenvalue weighted by atomic mass is 10.0. The van der Waals surface area contributed by atoms with Gasteiger partial charge in [-0.1, -0.05) is 6.07 Å². The Bertz CT molecular complexity index is 394. The van der Waals surface area contributed by atoms with Gasteiger partial charge in [0.15, 0.2) is 0 Å². The molecule has 4 nitrogen and oxygen atoms in total. The Hall–Kier alpha value is -1.42. The molecule has 3 rings (SSSR count). The Morgan fingerprint density at radius 3 is 2.76 bits per heavy atom. The minimum atomic E-state index is 0.220. The van der Waals surface area contributed by atoms with E-state index in [0.717, 1.165) is 31.9 Å². The van der Waals surface area contributed by atoms with Crippen molar-refractivity contribution in [2.45, 2.75) is 6.42 Å². The maximum Gasteiger partial charge on any atom is 0.228 e. The molecule has 3 heterocycles. The fourth-order valence-corrected chi connectivity index (χ4v) is 2.83. The minimum Gasteiger partial charge on any atom is -0.342 e. The quantitative estimate of drug-likeness (QED) is 0.796. The van der Waals surface area contributed by atoms with E-state index in [2.05, 4.69) is 10.3 Å². The third-order valence-corrected chi connectivity index (χ3v) is 3.80. The highest BCUT2D eigenvalue weighted by Crippen LogP contribution is 2.26. The predicted molar refractivity (Wildman–Crippen MR) is 64.4 cm³/mol. The molecule has 1 N–H and O–H groups in total. The summed E-state index contributed by atoms with van der Waals surface area (Å²) in [5.74, 6) is 1.56. The Labute approximate surface area is 101 Å². The van der Waals surface area contributed by atoms with Gasteiger partial charge < -0.3 is 10.2 Å². The smallest absolute Gasteiger partial charge is 0.228 e. The number of nitrogens with zero attached hydrogens (tertiary/aromatic N) is 2. The second-order valence-electron chi connectivity index (χ2n) is 4.97. The van der Waals surface area contributed by atoms with E-state index in [-0.39, 0.29) is 5.91 Å². The molecule has 2 saturated heterocycles. The number of rotatable bonds is 2. The van der Waals surface area contributed by atoms with E-state index in [1.807, 2.05) is 23.1 Å². The highest BCUT2D eigenvalue weighted by atomic mass is 16.2. The number of amides is 1. The molecule has 90 valence electrons. The molecule has 2 aliphatic heterocycles. The van der Waals surface area contributed by atoms with Crippen LogP contribution in [0.25, 0.3) is 0 Å². The van der Waals surface area contributed by atoms with E-state index in [4.69, 9.17) is 0 Å². The number of likely N-dealkylation sites (tertiary alicyclic amines) is 1. The molecule has 0 bridgehead atoms. The van der Waals surface area contributed by atoms with E-state index in [1.54, 1.807) is 6.20 Å². The first-order valence-corrected chi connectivity index (χ1v) is 6.21. The number of carbonyl (C=O) groups excluding carboxylic acids is 1. The van der Waals surface area contributed by atoms with Crippen molar-refractivity contribution >= 4 is 5.91 Å². The third-order valence-electron chi connectivity index (χ3n) is 3.80. The number of aromatic nitrogens is 1. The number of fused-ring (bicyclic) bond motifs is 1. The van der Waals surface area contributed by atoms with Crippen LogP contribution in [0.1, 0.15) is 5.69 Å². The molecule has 2 atom stereocenters. The Morgan fingerprint density at radius 1 is 1.35 bits per heavy atom. The van der Waals surface area contributed by atoms with Gasteiger partial charge in [-0.15, -0.1) is 0 Å². The zero-order valence-electron chi connectivity index (χ0n) is 9.80. The van der Waals surface area contributed by atoms with Crippen molar-refractivity contribution < 1.29 is 4.79 Å². The largest absolute Gasteiger partial charge is 0.342 e. The standard InChI is InChI=1S/C13H17N3O/c17-13(5-12-3-1-2-4-15-12)16-8-10-6-14-7-11(10)9-16/h1-4,10-11,14H,5-9H2/t10-,11+. The van der Waals surface area contributed by atoms with E-state index in [1.165, 1.54) is 0 Å². The molecule has 1 amide bonds. The van der Waals surface area contributed by atoms with Crippen LogP contribution < -0.4 is 5.32 Å². The van der Waals surface area contributed by atoms with Crippen LogP contribution in [0.5, 0.6) is 0 Å². The predicted octanol–water partition coefficient (Wildman–Crippen LogP) is 0.302. The molecule has 1 aromatic heterocycles. The molecule has 0 unspecified atom stereocenters. The molecule has 0 saturated carbocycles. The molecule has 2 fully saturated rings. The van der Waals surface area contributed by atoms with Crippen molar-refractivity contribution in [1.29, 1.82) is 0 Å². The van der Waals surface area contributed by atoms with Gasteiger partial charge in [-0.05, 0) is 24.0 Å². The van der Waals surface area contributed by atoms with Gasteiger partial charge in [-0.25, -0.2) is 0 Å². The molecule has 2 aliphatic rings. The maximum atomic E-state index is 12.1. The first-order valence-electron chi connectivity index (χ1n) is 6.21. The minimum absolute atomic E-state index is 0.220. The Kier molecular flexibility index (Phi) is 2.81. The first kappa shape index (κ1) is 10.7. The van der Waals surface area contributed by atoms with Crippen LogP contribution >= 0.6 is 0 Å². The van der Waals surface area contributed by atoms with Crippen LogP contribution in [0.3, 0.4) is 0 Å². The van der Waals surface area contributed by atoms with Crippen LogP contribution in [-0.4, -0.2) is 42.0 Å². The number of hydrogen-bond donors (Lipinski definition) is 1. The Morgan fingerprint density at radius 2 is 2.12 bits per heavy atom. The van der Waals surface area contributed by atoms with Crippen LogP contribution in [-0.2, 0) is 11.2 Å². The second-order valence-corrected chi connectivity index (χ2v) is 4.97. The summed E-state index contributed by atoms with van der Waals surface area (Å²) >= 11 is 0. The lowest BCUT2D eigenvalue weighted by molar-refractivity contribution is -0.129. The fraction of sp³-hybridized carbons (Fsp3) is 0.538. The summed E-state index contributed by atoms with van der Waals surface area (Å²) in [7, 11) is 0. The van der Waals surface area contributed by atoms with Crippen molar-refractivity contribution in [3.63, 3.8) is 0 Å². The van der Waals surface area contributed by atoms with Crippen LogP contribution in [0.4, 0.5) is 0 Å². The van der Waals surface area contributed by atoms with Crippen molar-refractivity contribution in [2.24, 2.45) is 11.8 Å². The fourth-order valence-electron chi connectivity index (χ4n) is 2.83. The zero-order chi connectivity index (χ0) is 11.7. The summed E-state index contributed by atoms with van der Waals surface area (Å²) in [6, 6.07) is 5.72. The van der Waals surface area contributed by atoms with Crippen molar-refractivity contribution in [1.82, 2.24) is 15.2 Å². The molecular formula is C13H17N3O. The molecule has 17 heavy (non-hydrogen) atoms. The number of pyridine rings is 1. The van der Waals surface area contributed by atoms with Gasteiger partial charge >= 0.3 is 0 Å². The Balaban J connectivity index is 1.61. The SMILES string of the molecule is O=C(Cc1ccccn1)N1C[C@H]2CNC[C@H]2C1. The molecule has 4 heteroatoms.